The van der Waals surface area contributed by atoms with Gasteiger partial charge in [0.2, 0.25) is 5.91 Å². The van der Waals surface area contributed by atoms with Gasteiger partial charge in [-0.25, -0.2) is 0 Å². The second kappa shape index (κ2) is 6.79. The summed E-state index contributed by atoms with van der Waals surface area (Å²) in [5.74, 6) is -2.00. The highest BCUT2D eigenvalue weighted by molar-refractivity contribution is 7.98. The summed E-state index contributed by atoms with van der Waals surface area (Å²) < 4.78 is 0. The SMILES string of the molecule is CSc1cccc(NC(=O)[C@H]2CCCC[C@H]2C(=O)O)c1. The molecule has 1 amide bonds. The molecule has 0 heterocycles. The van der Waals surface area contributed by atoms with Crippen LogP contribution < -0.4 is 5.32 Å². The van der Waals surface area contributed by atoms with Crippen molar-refractivity contribution in [3.05, 3.63) is 24.3 Å². The number of nitrogens with one attached hydrogen (secondary N) is 1. The molecule has 108 valence electrons. The van der Waals surface area contributed by atoms with Crippen LogP contribution in [-0.4, -0.2) is 23.2 Å². The molecule has 0 radical (unpaired) electrons. The number of thioether (sulfide) groups is 1. The lowest BCUT2D eigenvalue weighted by molar-refractivity contribution is -0.147. The molecule has 1 aliphatic rings. The molecular formula is C15H19NO3S. The van der Waals surface area contributed by atoms with Crippen molar-refractivity contribution in [2.24, 2.45) is 11.8 Å². The molecule has 4 nitrogen and oxygen atoms in total. The number of rotatable bonds is 4. The number of benzene rings is 1. The van der Waals surface area contributed by atoms with Crippen molar-refractivity contribution in [2.45, 2.75) is 30.6 Å². The monoisotopic (exact) mass is 293 g/mol. The molecule has 1 saturated carbocycles. The highest BCUT2D eigenvalue weighted by Crippen LogP contribution is 2.31. The first kappa shape index (κ1) is 14.9. The first-order chi connectivity index (χ1) is 9.61. The maximum Gasteiger partial charge on any atom is 0.307 e. The van der Waals surface area contributed by atoms with Crippen LogP contribution in [0, 0.1) is 11.8 Å². The van der Waals surface area contributed by atoms with Gasteiger partial charge in [0.15, 0.2) is 0 Å². The van der Waals surface area contributed by atoms with E-state index in [0.29, 0.717) is 12.8 Å². The zero-order valence-corrected chi connectivity index (χ0v) is 12.3. The van der Waals surface area contributed by atoms with E-state index < -0.39 is 17.8 Å². The maximum absolute atomic E-state index is 12.3. The quantitative estimate of drug-likeness (QED) is 0.836. The second-order valence-electron chi connectivity index (χ2n) is 5.06. The van der Waals surface area contributed by atoms with Crippen LogP contribution in [0.5, 0.6) is 0 Å². The normalized spacial score (nSPS) is 22.2. The number of hydrogen-bond donors (Lipinski definition) is 2. The van der Waals surface area contributed by atoms with Crippen LogP contribution >= 0.6 is 11.8 Å². The lowest BCUT2D eigenvalue weighted by Crippen LogP contribution is -2.36. The van der Waals surface area contributed by atoms with Crippen molar-refractivity contribution in [1.29, 1.82) is 0 Å². The van der Waals surface area contributed by atoms with E-state index in [9.17, 15) is 14.7 Å². The minimum atomic E-state index is -0.859. The lowest BCUT2D eigenvalue weighted by Gasteiger charge is -2.27. The maximum atomic E-state index is 12.3. The van der Waals surface area contributed by atoms with Gasteiger partial charge >= 0.3 is 5.97 Å². The Bertz CT molecular complexity index is 504. The molecule has 1 aliphatic carbocycles. The number of anilines is 1. The topological polar surface area (TPSA) is 66.4 Å². The Labute approximate surface area is 123 Å². The van der Waals surface area contributed by atoms with Gasteiger partial charge in [-0.05, 0) is 37.3 Å². The number of carbonyl (C=O) groups excluding carboxylic acids is 1. The van der Waals surface area contributed by atoms with Gasteiger partial charge in [-0.1, -0.05) is 18.9 Å². The number of aliphatic carboxylic acids is 1. The zero-order chi connectivity index (χ0) is 14.5. The second-order valence-corrected chi connectivity index (χ2v) is 5.94. The van der Waals surface area contributed by atoms with Gasteiger partial charge in [0, 0.05) is 10.6 Å². The summed E-state index contributed by atoms with van der Waals surface area (Å²) >= 11 is 1.61. The highest BCUT2D eigenvalue weighted by atomic mass is 32.2. The van der Waals surface area contributed by atoms with Crippen LogP contribution in [-0.2, 0) is 9.59 Å². The van der Waals surface area contributed by atoms with Crippen LogP contribution in [0.1, 0.15) is 25.7 Å². The van der Waals surface area contributed by atoms with E-state index in [4.69, 9.17) is 0 Å². The molecule has 2 rings (SSSR count). The Balaban J connectivity index is 2.07. The summed E-state index contributed by atoms with van der Waals surface area (Å²) in [6.45, 7) is 0. The van der Waals surface area contributed by atoms with E-state index in [2.05, 4.69) is 5.32 Å². The first-order valence-corrected chi connectivity index (χ1v) is 8.02. The van der Waals surface area contributed by atoms with Crippen LogP contribution in [0.4, 0.5) is 5.69 Å². The summed E-state index contributed by atoms with van der Waals surface area (Å²) in [6, 6.07) is 7.59. The third-order valence-corrected chi connectivity index (χ3v) is 4.48. The molecule has 2 atom stereocenters. The molecule has 2 N–H and O–H groups in total. The van der Waals surface area contributed by atoms with Crippen LogP contribution in [0.25, 0.3) is 0 Å². The third kappa shape index (κ3) is 3.54. The standard InChI is InChI=1S/C15H19NO3S/c1-20-11-6-4-5-10(9-11)16-14(17)12-7-2-3-8-13(12)15(18)19/h4-6,9,12-13H,2-3,7-8H2,1H3,(H,16,17)(H,18,19)/t12-,13+/m0/s1. The number of carboxylic acids is 1. The van der Waals surface area contributed by atoms with Crippen molar-refractivity contribution in [1.82, 2.24) is 0 Å². The van der Waals surface area contributed by atoms with Crippen LogP contribution in [0.3, 0.4) is 0 Å². The lowest BCUT2D eigenvalue weighted by atomic mass is 9.78. The minimum Gasteiger partial charge on any atom is -0.481 e. The highest BCUT2D eigenvalue weighted by Gasteiger charge is 2.35. The molecule has 0 aromatic heterocycles. The Hall–Kier alpha value is -1.49. The molecular weight excluding hydrogens is 274 g/mol. The molecule has 1 aromatic rings. The molecule has 1 aromatic carbocycles. The van der Waals surface area contributed by atoms with Crippen molar-refractivity contribution in [3.8, 4) is 0 Å². The fraction of sp³-hybridized carbons (Fsp3) is 0.467. The zero-order valence-electron chi connectivity index (χ0n) is 11.5. The summed E-state index contributed by atoms with van der Waals surface area (Å²) in [5.41, 5.74) is 0.733. The summed E-state index contributed by atoms with van der Waals surface area (Å²) in [6.07, 6.45) is 5.04. The van der Waals surface area contributed by atoms with Crippen molar-refractivity contribution in [3.63, 3.8) is 0 Å². The molecule has 0 unspecified atom stereocenters. The molecule has 0 bridgehead atoms. The predicted molar refractivity (Wildman–Crippen MR) is 79.9 cm³/mol. The van der Waals surface area contributed by atoms with Gasteiger partial charge in [-0.15, -0.1) is 11.8 Å². The van der Waals surface area contributed by atoms with Crippen LogP contribution in [0.2, 0.25) is 0 Å². The minimum absolute atomic E-state index is 0.171. The van der Waals surface area contributed by atoms with Crippen molar-refractivity contribution >= 4 is 29.3 Å². The molecule has 0 spiro atoms. The van der Waals surface area contributed by atoms with Crippen molar-refractivity contribution in [2.75, 3.05) is 11.6 Å². The Morgan fingerprint density at radius 3 is 2.60 bits per heavy atom. The predicted octanol–water partition coefficient (Wildman–Crippen LogP) is 3.24. The van der Waals surface area contributed by atoms with E-state index in [1.165, 1.54) is 0 Å². The molecule has 5 heteroatoms. The van der Waals surface area contributed by atoms with Gasteiger partial charge in [0.25, 0.3) is 0 Å². The summed E-state index contributed by atoms with van der Waals surface area (Å²) in [5, 5.41) is 12.1. The molecule has 20 heavy (non-hydrogen) atoms. The van der Waals surface area contributed by atoms with Gasteiger partial charge in [-0.2, -0.15) is 0 Å². The van der Waals surface area contributed by atoms with E-state index in [-0.39, 0.29) is 5.91 Å². The largest absolute Gasteiger partial charge is 0.481 e. The molecule has 0 aliphatic heterocycles. The van der Waals surface area contributed by atoms with Crippen molar-refractivity contribution < 1.29 is 14.7 Å². The summed E-state index contributed by atoms with van der Waals surface area (Å²) in [7, 11) is 0. The average Bonchev–Trinajstić information content (AvgIpc) is 2.47. The third-order valence-electron chi connectivity index (χ3n) is 3.76. The smallest absolute Gasteiger partial charge is 0.307 e. The Kier molecular flexibility index (Phi) is 5.06. The van der Waals surface area contributed by atoms with E-state index in [1.54, 1.807) is 11.8 Å². The number of amides is 1. The van der Waals surface area contributed by atoms with E-state index in [0.717, 1.165) is 23.4 Å². The fourth-order valence-corrected chi connectivity index (χ4v) is 3.14. The first-order valence-electron chi connectivity index (χ1n) is 6.79. The van der Waals surface area contributed by atoms with Crippen LogP contribution in [0.15, 0.2) is 29.2 Å². The van der Waals surface area contributed by atoms with Gasteiger partial charge < -0.3 is 10.4 Å². The summed E-state index contributed by atoms with van der Waals surface area (Å²) in [4.78, 5) is 24.6. The van der Waals surface area contributed by atoms with E-state index in [1.807, 2.05) is 30.5 Å². The molecule has 1 fully saturated rings. The average molecular weight is 293 g/mol. The van der Waals surface area contributed by atoms with Gasteiger partial charge in [-0.3, -0.25) is 9.59 Å². The molecule has 0 saturated heterocycles. The van der Waals surface area contributed by atoms with Gasteiger partial charge in [0.05, 0.1) is 11.8 Å². The van der Waals surface area contributed by atoms with Gasteiger partial charge in [0.1, 0.15) is 0 Å². The number of hydrogen-bond acceptors (Lipinski definition) is 3. The Morgan fingerprint density at radius 2 is 1.95 bits per heavy atom. The Morgan fingerprint density at radius 1 is 1.25 bits per heavy atom. The number of carboxylic acid groups (broad SMARTS) is 1. The number of carbonyl (C=O) groups is 2. The fourth-order valence-electron chi connectivity index (χ4n) is 2.68. The van der Waals surface area contributed by atoms with E-state index >= 15 is 0 Å².